The first-order chi connectivity index (χ1) is 16.9. The number of aromatic nitrogens is 5. The number of likely N-dealkylation sites (tertiary alicyclic amines) is 1. The zero-order valence-electron chi connectivity index (χ0n) is 20.2. The number of hydrogen-bond donors (Lipinski definition) is 2. The highest BCUT2D eigenvalue weighted by Gasteiger charge is 2.23. The average molecular weight is 479 g/mol. The van der Waals surface area contributed by atoms with Gasteiger partial charge in [-0.25, -0.2) is 9.78 Å². The van der Waals surface area contributed by atoms with Gasteiger partial charge < -0.3 is 20.3 Å². The fourth-order valence-electron chi connectivity index (χ4n) is 4.11. The van der Waals surface area contributed by atoms with Crippen molar-refractivity contribution in [3.8, 4) is 17.1 Å². The Morgan fingerprint density at radius 2 is 1.97 bits per heavy atom. The Bertz CT molecular complexity index is 1190. The molecule has 2 aromatic heterocycles. The quantitative estimate of drug-likeness (QED) is 0.532. The minimum atomic E-state index is -0.284. The monoisotopic (exact) mass is 478 g/mol. The van der Waals surface area contributed by atoms with Crippen LogP contribution in [0.5, 0.6) is 5.75 Å². The molecular weight excluding hydrogens is 448 g/mol. The second-order valence-corrected chi connectivity index (χ2v) is 8.57. The van der Waals surface area contributed by atoms with Crippen LogP contribution in [0, 0.1) is 12.8 Å². The second-order valence-electron chi connectivity index (χ2n) is 8.57. The van der Waals surface area contributed by atoms with E-state index in [4.69, 9.17) is 4.74 Å². The highest BCUT2D eigenvalue weighted by Crippen LogP contribution is 2.20. The summed E-state index contributed by atoms with van der Waals surface area (Å²) in [6.07, 6.45) is 1.77. The first-order valence-corrected chi connectivity index (χ1v) is 11.6. The molecule has 0 aliphatic carbocycles. The smallest absolute Gasteiger partial charge is 0.317 e. The highest BCUT2D eigenvalue weighted by molar-refractivity contribution is 5.93. The third kappa shape index (κ3) is 6.11. The molecule has 0 saturated carbocycles. The largest absolute Gasteiger partial charge is 0.497 e. The first-order valence-electron chi connectivity index (χ1n) is 11.6. The number of rotatable bonds is 7. The van der Waals surface area contributed by atoms with Crippen LogP contribution < -0.4 is 15.4 Å². The lowest BCUT2D eigenvalue weighted by Gasteiger charge is -2.31. The van der Waals surface area contributed by atoms with Gasteiger partial charge in [-0.1, -0.05) is 12.1 Å². The molecule has 0 bridgehead atoms. The molecule has 1 saturated heterocycles. The van der Waals surface area contributed by atoms with Gasteiger partial charge in [0.25, 0.3) is 5.91 Å². The number of urea groups is 1. The molecule has 2 N–H and O–H groups in total. The number of hydrogen-bond acceptors (Lipinski definition) is 7. The van der Waals surface area contributed by atoms with E-state index < -0.39 is 0 Å². The van der Waals surface area contributed by atoms with Crippen LogP contribution >= 0.6 is 0 Å². The van der Waals surface area contributed by atoms with Crippen LogP contribution in [-0.2, 0) is 13.1 Å². The summed E-state index contributed by atoms with van der Waals surface area (Å²) >= 11 is 0. The molecule has 0 radical (unpaired) electrons. The maximum Gasteiger partial charge on any atom is 0.317 e. The number of ether oxygens (including phenoxy) is 1. The van der Waals surface area contributed by atoms with Gasteiger partial charge in [0.1, 0.15) is 11.4 Å². The zero-order chi connectivity index (χ0) is 24.8. The Morgan fingerprint density at radius 3 is 2.71 bits per heavy atom. The van der Waals surface area contributed by atoms with Gasteiger partial charge in [0, 0.05) is 37.9 Å². The molecule has 4 rings (SSSR count). The van der Waals surface area contributed by atoms with Gasteiger partial charge in [0.15, 0.2) is 0 Å². The van der Waals surface area contributed by atoms with Crippen molar-refractivity contribution < 1.29 is 14.3 Å². The fourth-order valence-corrected chi connectivity index (χ4v) is 4.11. The molecule has 0 atom stereocenters. The molecule has 184 valence electrons. The topological polar surface area (TPSA) is 127 Å². The maximum atomic E-state index is 12.8. The highest BCUT2D eigenvalue weighted by atomic mass is 16.5. The lowest BCUT2D eigenvalue weighted by Crippen LogP contribution is -2.43. The van der Waals surface area contributed by atoms with Crippen molar-refractivity contribution in [2.45, 2.75) is 32.9 Å². The summed E-state index contributed by atoms with van der Waals surface area (Å²) in [4.78, 5) is 32.3. The van der Waals surface area contributed by atoms with Crippen molar-refractivity contribution in [1.82, 2.24) is 40.7 Å². The van der Waals surface area contributed by atoms with E-state index in [1.165, 1.54) is 0 Å². The second kappa shape index (κ2) is 10.9. The molecule has 1 aliphatic heterocycles. The number of piperidine rings is 1. The Balaban J connectivity index is 1.39. The number of amides is 3. The molecular formula is C24H30N8O3. The molecule has 3 aromatic rings. The van der Waals surface area contributed by atoms with Gasteiger partial charge in [-0.05, 0) is 60.7 Å². The van der Waals surface area contributed by atoms with Gasteiger partial charge in [-0.15, -0.1) is 10.2 Å². The van der Waals surface area contributed by atoms with Crippen molar-refractivity contribution >= 4 is 11.9 Å². The molecule has 1 fully saturated rings. The summed E-state index contributed by atoms with van der Waals surface area (Å²) in [6, 6.07) is 11.0. The van der Waals surface area contributed by atoms with Crippen LogP contribution in [0.4, 0.5) is 4.79 Å². The van der Waals surface area contributed by atoms with E-state index >= 15 is 0 Å². The number of benzene rings is 1. The summed E-state index contributed by atoms with van der Waals surface area (Å²) in [5, 5.41) is 18.5. The normalized spacial score (nSPS) is 14.0. The van der Waals surface area contributed by atoms with Gasteiger partial charge in [0.2, 0.25) is 5.82 Å². The zero-order valence-corrected chi connectivity index (χ0v) is 20.2. The Kier molecular flexibility index (Phi) is 7.54. The molecule has 35 heavy (non-hydrogen) atoms. The molecule has 0 spiro atoms. The van der Waals surface area contributed by atoms with E-state index in [1.54, 1.807) is 25.0 Å². The third-order valence-corrected chi connectivity index (χ3v) is 6.02. The van der Waals surface area contributed by atoms with Gasteiger partial charge in [-0.3, -0.25) is 4.79 Å². The minimum absolute atomic E-state index is 0.0407. The molecule has 0 unspecified atom stereocenters. The number of nitrogens with zero attached hydrogens (tertiary/aromatic N) is 6. The number of nitrogens with one attached hydrogen (secondary N) is 2. The van der Waals surface area contributed by atoms with Crippen LogP contribution in [0.2, 0.25) is 0 Å². The predicted molar refractivity (Wildman–Crippen MR) is 129 cm³/mol. The van der Waals surface area contributed by atoms with Crippen LogP contribution in [0.25, 0.3) is 11.4 Å². The van der Waals surface area contributed by atoms with E-state index in [-0.39, 0.29) is 11.9 Å². The van der Waals surface area contributed by atoms with E-state index in [9.17, 15) is 9.59 Å². The van der Waals surface area contributed by atoms with Crippen LogP contribution in [-0.4, -0.2) is 69.3 Å². The van der Waals surface area contributed by atoms with E-state index in [2.05, 4.69) is 31.0 Å². The molecule has 3 heterocycles. The summed E-state index contributed by atoms with van der Waals surface area (Å²) in [7, 11) is 3.25. The predicted octanol–water partition coefficient (Wildman–Crippen LogP) is 2.03. The van der Waals surface area contributed by atoms with E-state index in [0.717, 1.165) is 24.2 Å². The molecule has 11 heteroatoms. The summed E-state index contributed by atoms with van der Waals surface area (Å²) in [5.74, 6) is 1.27. The number of methoxy groups -OCH3 is 1. The number of aryl methyl sites for hydroxylation is 1. The van der Waals surface area contributed by atoms with Crippen molar-refractivity contribution in [3.63, 3.8) is 0 Å². The SMILES string of the molecule is CNC(=O)N1CCC(Cn2nnc(-c3cc(C)nc(C(=O)NCc4cccc(OC)c4)c3)n2)CC1. The summed E-state index contributed by atoms with van der Waals surface area (Å²) in [6.45, 7) is 4.24. The third-order valence-electron chi connectivity index (χ3n) is 6.02. The van der Waals surface area contributed by atoms with Crippen molar-refractivity contribution in [3.05, 3.63) is 53.3 Å². The van der Waals surface area contributed by atoms with Crippen molar-refractivity contribution in [1.29, 1.82) is 0 Å². The summed E-state index contributed by atoms with van der Waals surface area (Å²) < 4.78 is 5.23. The summed E-state index contributed by atoms with van der Waals surface area (Å²) in [5.41, 5.74) is 2.59. The Hall–Kier alpha value is -4.02. The van der Waals surface area contributed by atoms with Crippen molar-refractivity contribution in [2.75, 3.05) is 27.2 Å². The van der Waals surface area contributed by atoms with Gasteiger partial charge >= 0.3 is 6.03 Å². The van der Waals surface area contributed by atoms with Crippen LogP contribution in [0.15, 0.2) is 36.4 Å². The average Bonchev–Trinajstić information content (AvgIpc) is 3.35. The molecule has 11 nitrogen and oxygen atoms in total. The first kappa shape index (κ1) is 24.1. The number of carbonyl (C=O) groups is 2. The van der Waals surface area contributed by atoms with Gasteiger partial charge in [0.05, 0.1) is 13.7 Å². The standard InChI is InChI=1S/C24H30N8O3/c1-16-11-19(13-21(27-16)23(33)26-14-18-5-4-6-20(12-18)35-3)22-28-30-32(29-22)15-17-7-9-31(10-8-17)24(34)25-2/h4-6,11-13,17H,7-10,14-15H2,1-3H3,(H,25,34)(H,26,33). The van der Waals surface area contributed by atoms with E-state index in [0.29, 0.717) is 54.9 Å². The lowest BCUT2D eigenvalue weighted by molar-refractivity contribution is 0.0945. The number of pyridine rings is 1. The van der Waals surface area contributed by atoms with Crippen molar-refractivity contribution in [2.24, 2.45) is 5.92 Å². The molecule has 1 aromatic carbocycles. The fraction of sp³-hybridized carbons (Fsp3) is 0.417. The molecule has 3 amide bonds. The van der Waals surface area contributed by atoms with Crippen LogP contribution in [0.3, 0.4) is 0 Å². The number of carbonyl (C=O) groups excluding carboxylic acids is 2. The van der Waals surface area contributed by atoms with Gasteiger partial charge in [-0.2, -0.15) is 4.80 Å². The Labute approximate surface area is 203 Å². The maximum absolute atomic E-state index is 12.8. The number of tetrazole rings is 1. The Morgan fingerprint density at radius 1 is 1.17 bits per heavy atom. The van der Waals surface area contributed by atoms with E-state index in [1.807, 2.05) is 42.2 Å². The van der Waals surface area contributed by atoms with Crippen LogP contribution in [0.1, 0.15) is 34.6 Å². The lowest BCUT2D eigenvalue weighted by atomic mass is 9.97. The molecule has 1 aliphatic rings. The minimum Gasteiger partial charge on any atom is -0.497 e.